The van der Waals surface area contributed by atoms with Gasteiger partial charge in [-0.2, -0.15) is 9.35 Å². The maximum Gasteiger partial charge on any atom is 0.230 e. The summed E-state index contributed by atoms with van der Waals surface area (Å²) in [6.45, 7) is 3.97. The molecule has 1 N–H and O–H groups in total. The van der Waals surface area contributed by atoms with Gasteiger partial charge in [-0.15, -0.1) is 0 Å². The third-order valence-corrected chi connectivity index (χ3v) is 7.39. The van der Waals surface area contributed by atoms with E-state index in [1.165, 1.54) is 6.20 Å². The highest BCUT2D eigenvalue weighted by molar-refractivity contribution is 7.92. The molecule has 0 atom stereocenters. The molecule has 10 nitrogen and oxygen atoms in total. The van der Waals surface area contributed by atoms with Crippen LogP contribution in [0.15, 0.2) is 47.1 Å². The Hall–Kier alpha value is -3.64. The van der Waals surface area contributed by atoms with Crippen molar-refractivity contribution in [3.63, 3.8) is 0 Å². The minimum absolute atomic E-state index is 0.0911. The van der Waals surface area contributed by atoms with Gasteiger partial charge in [-0.3, -0.25) is 4.57 Å². The van der Waals surface area contributed by atoms with Gasteiger partial charge < -0.3 is 15.1 Å². The van der Waals surface area contributed by atoms with E-state index in [9.17, 15) is 4.21 Å². The number of pyridine rings is 2. The lowest BCUT2D eigenvalue weighted by Gasteiger charge is -2.33. The molecule has 4 aromatic heterocycles. The predicted octanol–water partition coefficient (Wildman–Crippen LogP) is 4.08. The fourth-order valence-electron chi connectivity index (χ4n) is 4.70. The van der Waals surface area contributed by atoms with Gasteiger partial charge in [-0.25, -0.2) is 23.6 Å². The van der Waals surface area contributed by atoms with Crippen LogP contribution in [-0.2, 0) is 9.73 Å². The smallest absolute Gasteiger partial charge is 0.230 e. The number of nitrogens with one attached hydrogen (secondary N) is 1. The average molecular weight is 536 g/mol. The Morgan fingerprint density at radius 1 is 1.03 bits per heavy atom. The number of halogens is 1. The van der Waals surface area contributed by atoms with Crippen molar-refractivity contribution in [1.29, 1.82) is 0 Å². The van der Waals surface area contributed by atoms with Crippen LogP contribution in [0.25, 0.3) is 16.9 Å². The Labute approximate surface area is 221 Å². The molecule has 198 valence electrons. The number of nitrogens with zero attached hydrogens (tertiary/aromatic N) is 8. The summed E-state index contributed by atoms with van der Waals surface area (Å²) in [5, 5.41) is 3.48. The molecule has 0 spiro atoms. The Bertz CT molecular complexity index is 1610. The molecule has 2 fully saturated rings. The second-order valence-corrected chi connectivity index (χ2v) is 12.7. The molecule has 0 amide bonds. The lowest BCUT2D eigenvalue weighted by atomic mass is 10.2. The summed E-state index contributed by atoms with van der Waals surface area (Å²) in [5.74, 6) is 1.48. The Kier molecular flexibility index (Phi) is 6.23. The molecule has 38 heavy (non-hydrogen) atoms. The molecule has 1 aliphatic carbocycles. The number of fused-ring (bicyclic) bond motifs is 1. The van der Waals surface area contributed by atoms with Crippen LogP contribution in [-0.4, -0.2) is 79.4 Å². The normalized spacial score (nSPS) is 16.7. The van der Waals surface area contributed by atoms with Crippen molar-refractivity contribution in [2.24, 2.45) is 4.36 Å². The van der Waals surface area contributed by atoms with Gasteiger partial charge in [0.05, 0.1) is 23.0 Å². The fraction of sp³-hybridized carbons (Fsp3) is 0.385. The van der Waals surface area contributed by atoms with Gasteiger partial charge in [0.1, 0.15) is 11.6 Å². The van der Waals surface area contributed by atoms with Crippen LogP contribution in [0.2, 0.25) is 0 Å². The van der Waals surface area contributed by atoms with Gasteiger partial charge >= 0.3 is 0 Å². The molecule has 2 aliphatic rings. The molecule has 12 heteroatoms. The van der Waals surface area contributed by atoms with E-state index in [2.05, 4.69) is 46.5 Å². The molecular formula is C26H30FN9OS. The predicted molar refractivity (Wildman–Crippen MR) is 148 cm³/mol. The molecule has 6 rings (SSSR count). The van der Waals surface area contributed by atoms with Crippen molar-refractivity contribution in [3.8, 4) is 5.82 Å². The van der Waals surface area contributed by atoms with E-state index in [1.54, 1.807) is 35.3 Å². The topological polar surface area (TPSA) is 104 Å². The van der Waals surface area contributed by atoms with E-state index in [0.29, 0.717) is 40.1 Å². The summed E-state index contributed by atoms with van der Waals surface area (Å²) in [4.78, 5) is 22.8. The molecule has 1 saturated carbocycles. The highest BCUT2D eigenvalue weighted by Gasteiger charge is 2.34. The molecule has 0 unspecified atom stereocenters. The summed E-state index contributed by atoms with van der Waals surface area (Å²) >= 11 is 0. The van der Waals surface area contributed by atoms with Crippen LogP contribution in [0.5, 0.6) is 0 Å². The number of hydrogen-bond acceptors (Lipinski definition) is 9. The van der Waals surface area contributed by atoms with E-state index >= 15 is 4.39 Å². The highest BCUT2D eigenvalue weighted by atomic mass is 32.2. The molecule has 1 aliphatic heterocycles. The van der Waals surface area contributed by atoms with Gasteiger partial charge in [-0.05, 0) is 44.2 Å². The zero-order chi connectivity index (χ0) is 26.4. The van der Waals surface area contributed by atoms with Crippen molar-refractivity contribution in [1.82, 2.24) is 29.4 Å². The number of rotatable bonds is 6. The van der Waals surface area contributed by atoms with Crippen molar-refractivity contribution < 1.29 is 8.60 Å². The van der Waals surface area contributed by atoms with Gasteiger partial charge in [0.25, 0.3) is 0 Å². The SMILES string of the molecule is CN1CCN(c2ccc(Nc3ncc4c(F)c(C5CC5)n(-c5cccc(N=S(C)(C)=O)n5)c4n3)nc2)CC1. The van der Waals surface area contributed by atoms with Crippen LogP contribution in [0.4, 0.5) is 27.7 Å². The van der Waals surface area contributed by atoms with Crippen LogP contribution in [0.1, 0.15) is 24.5 Å². The number of hydrogen-bond donors (Lipinski definition) is 1. The second kappa shape index (κ2) is 9.59. The minimum atomic E-state index is -2.40. The molecular weight excluding hydrogens is 505 g/mol. The first-order chi connectivity index (χ1) is 18.2. The van der Waals surface area contributed by atoms with Crippen LogP contribution in [0, 0.1) is 5.82 Å². The Morgan fingerprint density at radius 3 is 2.50 bits per heavy atom. The summed E-state index contributed by atoms with van der Waals surface area (Å²) in [5.41, 5.74) is 2.03. The number of piperazine rings is 1. The average Bonchev–Trinajstić information content (AvgIpc) is 3.68. The van der Waals surface area contributed by atoms with Gasteiger partial charge in [0, 0.05) is 60.5 Å². The molecule has 1 saturated heterocycles. The molecule has 4 aromatic rings. The van der Waals surface area contributed by atoms with E-state index in [-0.39, 0.29) is 11.7 Å². The van der Waals surface area contributed by atoms with Gasteiger partial charge in [0.2, 0.25) is 5.95 Å². The summed E-state index contributed by atoms with van der Waals surface area (Å²) in [6, 6.07) is 9.18. The van der Waals surface area contributed by atoms with Crippen LogP contribution >= 0.6 is 0 Å². The standard InChI is InChI=1S/C26H30FN9OS/c1-34-11-13-35(14-12-34)18-9-10-20(28-15-18)31-26-29-16-19-23(27)24(17-7-8-17)36(25(19)32-26)22-6-4-5-21(30-22)33-38(2,3)37/h4-6,9-10,15-17H,7-8,11-14H2,1-3H3,(H,28,29,31,32). The number of likely N-dealkylation sites (N-methyl/N-ethyl adjacent to an activating group) is 1. The third kappa shape index (κ3) is 5.05. The molecule has 0 aromatic carbocycles. The van der Waals surface area contributed by atoms with Crippen LogP contribution < -0.4 is 10.2 Å². The molecule has 0 radical (unpaired) electrons. The zero-order valence-corrected chi connectivity index (χ0v) is 22.5. The van der Waals surface area contributed by atoms with E-state index in [0.717, 1.165) is 44.7 Å². The van der Waals surface area contributed by atoms with E-state index in [4.69, 9.17) is 0 Å². The minimum Gasteiger partial charge on any atom is -0.368 e. The monoisotopic (exact) mass is 535 g/mol. The maximum absolute atomic E-state index is 15.6. The zero-order valence-electron chi connectivity index (χ0n) is 21.6. The first-order valence-electron chi connectivity index (χ1n) is 12.6. The quantitative estimate of drug-likeness (QED) is 0.394. The van der Waals surface area contributed by atoms with Crippen molar-refractivity contribution in [2.45, 2.75) is 18.8 Å². The summed E-state index contributed by atoms with van der Waals surface area (Å²) in [6.07, 6.45) is 8.25. The lowest BCUT2D eigenvalue weighted by Crippen LogP contribution is -2.44. The van der Waals surface area contributed by atoms with Crippen molar-refractivity contribution in [3.05, 3.63) is 54.2 Å². The van der Waals surface area contributed by atoms with Crippen molar-refractivity contribution >= 4 is 44.0 Å². The molecule has 0 bridgehead atoms. The van der Waals surface area contributed by atoms with Crippen LogP contribution in [0.3, 0.4) is 0 Å². The first kappa shape index (κ1) is 24.7. The first-order valence-corrected chi connectivity index (χ1v) is 15.0. The largest absolute Gasteiger partial charge is 0.368 e. The number of anilines is 3. The summed E-state index contributed by atoms with van der Waals surface area (Å²) < 4.78 is 33.8. The molecule has 5 heterocycles. The summed E-state index contributed by atoms with van der Waals surface area (Å²) in [7, 11) is -0.270. The maximum atomic E-state index is 15.6. The Morgan fingerprint density at radius 2 is 1.82 bits per heavy atom. The van der Waals surface area contributed by atoms with E-state index < -0.39 is 9.73 Å². The van der Waals surface area contributed by atoms with Crippen molar-refractivity contribution in [2.75, 3.05) is 56.0 Å². The Balaban J connectivity index is 1.35. The van der Waals surface area contributed by atoms with Gasteiger partial charge in [0.15, 0.2) is 17.3 Å². The van der Waals surface area contributed by atoms with Gasteiger partial charge in [-0.1, -0.05) is 6.07 Å². The van der Waals surface area contributed by atoms with E-state index in [1.807, 2.05) is 18.3 Å². The lowest BCUT2D eigenvalue weighted by molar-refractivity contribution is 0.313. The third-order valence-electron chi connectivity index (χ3n) is 6.77. The fourth-order valence-corrected chi connectivity index (χ4v) is 5.25. The second-order valence-electron chi connectivity index (χ2n) is 10.2. The number of aromatic nitrogens is 5. The highest BCUT2D eigenvalue weighted by Crippen LogP contribution is 2.45.